The quantitative estimate of drug-likeness (QED) is 0.439. The van der Waals surface area contributed by atoms with E-state index in [4.69, 9.17) is 15.9 Å². The third-order valence-electron chi connectivity index (χ3n) is 3.10. The molecule has 0 aliphatic carbocycles. The van der Waals surface area contributed by atoms with Gasteiger partial charge in [-0.1, -0.05) is 0 Å². The summed E-state index contributed by atoms with van der Waals surface area (Å²) in [6.45, 7) is 1.10. The molecule has 18 heavy (non-hydrogen) atoms. The van der Waals surface area contributed by atoms with Crippen LogP contribution in [0.4, 0.5) is 0 Å². The van der Waals surface area contributed by atoms with Crippen molar-refractivity contribution in [2.75, 3.05) is 13.1 Å². The highest BCUT2D eigenvalue weighted by Crippen LogP contribution is 2.16. The Balaban J connectivity index is 2.49. The van der Waals surface area contributed by atoms with E-state index in [0.29, 0.717) is 32.4 Å². The van der Waals surface area contributed by atoms with Crippen molar-refractivity contribution in [3.63, 3.8) is 0 Å². The van der Waals surface area contributed by atoms with Gasteiger partial charge in [-0.3, -0.25) is 9.59 Å². The number of nitrogens with one attached hydrogen (secondary N) is 1. The summed E-state index contributed by atoms with van der Waals surface area (Å²) in [7, 11) is 0. The Kier molecular flexibility index (Phi) is 6.03. The standard InChI is InChI=1S/C11H21N3O4/c12-6-2-1-4-8(10(15)16)13-14-7-3-5-9(14)11(17)18/h8-9,13H,1-7,12H2,(H,15,16)(H,17,18)/t8-,9-/m0/s1. The van der Waals surface area contributed by atoms with Crippen LogP contribution in [0.15, 0.2) is 0 Å². The van der Waals surface area contributed by atoms with E-state index >= 15 is 0 Å². The first-order valence-electron chi connectivity index (χ1n) is 6.24. The Morgan fingerprint density at radius 2 is 2.11 bits per heavy atom. The van der Waals surface area contributed by atoms with Gasteiger partial charge in [-0.15, -0.1) is 0 Å². The molecule has 0 aromatic rings. The number of hydrogen-bond donors (Lipinski definition) is 4. The monoisotopic (exact) mass is 259 g/mol. The van der Waals surface area contributed by atoms with Crippen molar-refractivity contribution in [3.8, 4) is 0 Å². The van der Waals surface area contributed by atoms with E-state index in [1.165, 1.54) is 5.01 Å². The summed E-state index contributed by atoms with van der Waals surface area (Å²) in [6.07, 6.45) is 3.26. The van der Waals surface area contributed by atoms with Gasteiger partial charge in [0.05, 0.1) is 0 Å². The zero-order valence-corrected chi connectivity index (χ0v) is 10.3. The first-order valence-corrected chi connectivity index (χ1v) is 6.24. The summed E-state index contributed by atoms with van der Waals surface area (Å²) in [5.41, 5.74) is 8.18. The van der Waals surface area contributed by atoms with E-state index < -0.39 is 24.0 Å². The Morgan fingerprint density at radius 3 is 2.67 bits per heavy atom. The first kappa shape index (κ1) is 14.9. The van der Waals surface area contributed by atoms with Crippen LogP contribution in [0.3, 0.4) is 0 Å². The largest absolute Gasteiger partial charge is 0.480 e. The fourth-order valence-corrected chi connectivity index (χ4v) is 2.11. The normalized spacial score (nSPS) is 21.9. The molecule has 1 heterocycles. The van der Waals surface area contributed by atoms with Crippen LogP contribution in [-0.4, -0.2) is 52.3 Å². The zero-order chi connectivity index (χ0) is 13.5. The maximum absolute atomic E-state index is 11.1. The highest BCUT2D eigenvalue weighted by molar-refractivity contribution is 5.75. The van der Waals surface area contributed by atoms with Crippen LogP contribution >= 0.6 is 0 Å². The highest BCUT2D eigenvalue weighted by atomic mass is 16.4. The minimum atomic E-state index is -0.955. The van der Waals surface area contributed by atoms with Gasteiger partial charge >= 0.3 is 11.9 Å². The number of hydrogen-bond acceptors (Lipinski definition) is 5. The van der Waals surface area contributed by atoms with Gasteiger partial charge in [0.1, 0.15) is 12.1 Å². The van der Waals surface area contributed by atoms with Gasteiger partial charge in [-0.05, 0) is 38.6 Å². The van der Waals surface area contributed by atoms with Crippen molar-refractivity contribution in [1.82, 2.24) is 10.4 Å². The minimum Gasteiger partial charge on any atom is -0.480 e. The molecule has 0 bridgehead atoms. The molecule has 2 atom stereocenters. The van der Waals surface area contributed by atoms with E-state index in [1.807, 2.05) is 0 Å². The molecule has 0 aromatic carbocycles. The summed E-state index contributed by atoms with van der Waals surface area (Å²) in [5.74, 6) is -1.87. The second-order valence-corrected chi connectivity index (χ2v) is 4.49. The topological polar surface area (TPSA) is 116 Å². The van der Waals surface area contributed by atoms with Gasteiger partial charge < -0.3 is 15.9 Å². The molecular formula is C11H21N3O4. The SMILES string of the molecule is NCCCC[C@H](NN1CCC[C@H]1C(=O)O)C(=O)O. The molecule has 1 fully saturated rings. The lowest BCUT2D eigenvalue weighted by Crippen LogP contribution is -2.52. The average Bonchev–Trinajstić information content (AvgIpc) is 2.76. The number of carboxylic acids is 2. The molecule has 1 saturated heterocycles. The molecule has 1 aliphatic heterocycles. The Labute approximate surface area is 106 Å². The van der Waals surface area contributed by atoms with Gasteiger partial charge in [-0.25, -0.2) is 10.4 Å². The van der Waals surface area contributed by atoms with E-state index in [0.717, 1.165) is 12.8 Å². The average molecular weight is 259 g/mol. The van der Waals surface area contributed by atoms with Gasteiger partial charge in [0.2, 0.25) is 0 Å². The molecule has 0 unspecified atom stereocenters. The fourth-order valence-electron chi connectivity index (χ4n) is 2.11. The third kappa shape index (κ3) is 4.25. The molecule has 7 nitrogen and oxygen atoms in total. The molecule has 1 rings (SSSR count). The van der Waals surface area contributed by atoms with Crippen molar-refractivity contribution >= 4 is 11.9 Å². The first-order chi connectivity index (χ1) is 8.56. The van der Waals surface area contributed by atoms with Crippen LogP contribution in [0, 0.1) is 0 Å². The molecule has 0 radical (unpaired) electrons. The molecule has 0 amide bonds. The summed E-state index contributed by atoms with van der Waals surface area (Å²) < 4.78 is 0. The molecule has 5 N–H and O–H groups in total. The van der Waals surface area contributed by atoms with E-state index in [1.54, 1.807) is 0 Å². The predicted molar refractivity (Wildman–Crippen MR) is 64.8 cm³/mol. The molecule has 0 aromatic heterocycles. The van der Waals surface area contributed by atoms with Crippen LogP contribution in [0.2, 0.25) is 0 Å². The van der Waals surface area contributed by atoms with E-state index in [-0.39, 0.29) is 0 Å². The fraction of sp³-hybridized carbons (Fsp3) is 0.818. The summed E-state index contributed by atoms with van der Waals surface area (Å²) in [5, 5.41) is 19.6. The molecule has 0 spiro atoms. The number of hydrazine groups is 1. The van der Waals surface area contributed by atoms with Crippen LogP contribution in [0.1, 0.15) is 32.1 Å². The maximum atomic E-state index is 11.1. The smallest absolute Gasteiger partial charge is 0.322 e. The predicted octanol–water partition coefficient (Wildman–Crippen LogP) is -0.378. The molecular weight excluding hydrogens is 238 g/mol. The Bertz CT molecular complexity index is 298. The second kappa shape index (κ2) is 7.30. The van der Waals surface area contributed by atoms with Crippen molar-refractivity contribution < 1.29 is 19.8 Å². The van der Waals surface area contributed by atoms with E-state index in [2.05, 4.69) is 5.43 Å². The minimum absolute atomic E-state index is 0.454. The second-order valence-electron chi connectivity index (χ2n) is 4.49. The molecule has 104 valence electrons. The number of nitrogens with two attached hydrogens (primary N) is 1. The Morgan fingerprint density at radius 1 is 1.39 bits per heavy atom. The highest BCUT2D eigenvalue weighted by Gasteiger charge is 2.33. The zero-order valence-electron chi connectivity index (χ0n) is 10.3. The van der Waals surface area contributed by atoms with E-state index in [9.17, 15) is 9.59 Å². The van der Waals surface area contributed by atoms with Crippen molar-refractivity contribution in [1.29, 1.82) is 0 Å². The van der Waals surface area contributed by atoms with Gasteiger partial charge in [0, 0.05) is 6.54 Å². The lowest BCUT2D eigenvalue weighted by Gasteiger charge is -2.26. The molecule has 1 aliphatic rings. The molecule has 0 saturated carbocycles. The van der Waals surface area contributed by atoms with Crippen molar-refractivity contribution in [2.45, 2.75) is 44.2 Å². The number of nitrogens with zero attached hydrogens (tertiary/aromatic N) is 1. The van der Waals surface area contributed by atoms with Crippen molar-refractivity contribution in [2.24, 2.45) is 5.73 Å². The number of rotatable bonds is 8. The van der Waals surface area contributed by atoms with Gasteiger partial charge in [0.25, 0.3) is 0 Å². The third-order valence-corrected chi connectivity index (χ3v) is 3.10. The van der Waals surface area contributed by atoms with Gasteiger partial charge in [0.15, 0.2) is 0 Å². The van der Waals surface area contributed by atoms with Crippen LogP contribution in [0.5, 0.6) is 0 Å². The number of carbonyl (C=O) groups is 2. The number of carboxylic acid groups (broad SMARTS) is 2. The lowest BCUT2D eigenvalue weighted by molar-refractivity contribution is -0.147. The number of aliphatic carboxylic acids is 2. The maximum Gasteiger partial charge on any atom is 0.322 e. The van der Waals surface area contributed by atoms with Crippen LogP contribution in [0.25, 0.3) is 0 Å². The molecule has 7 heteroatoms. The summed E-state index contributed by atoms with van der Waals surface area (Å²) in [4.78, 5) is 22.1. The summed E-state index contributed by atoms with van der Waals surface area (Å²) >= 11 is 0. The van der Waals surface area contributed by atoms with Gasteiger partial charge in [-0.2, -0.15) is 0 Å². The lowest BCUT2D eigenvalue weighted by atomic mass is 10.1. The Hall–Kier alpha value is -1.18. The number of unbranched alkanes of at least 4 members (excludes halogenated alkanes) is 1. The van der Waals surface area contributed by atoms with Crippen LogP contribution < -0.4 is 11.2 Å². The van der Waals surface area contributed by atoms with Crippen molar-refractivity contribution in [3.05, 3.63) is 0 Å². The van der Waals surface area contributed by atoms with Crippen LogP contribution in [-0.2, 0) is 9.59 Å². The summed E-state index contributed by atoms with van der Waals surface area (Å²) in [6, 6.07) is -1.36.